The van der Waals surface area contributed by atoms with E-state index in [4.69, 9.17) is 4.52 Å². The van der Waals surface area contributed by atoms with E-state index in [0.29, 0.717) is 30.2 Å². The van der Waals surface area contributed by atoms with Crippen LogP contribution >= 0.6 is 0 Å². The van der Waals surface area contributed by atoms with Gasteiger partial charge in [0.05, 0.1) is 17.4 Å². The van der Waals surface area contributed by atoms with Gasteiger partial charge >= 0.3 is 0 Å². The van der Waals surface area contributed by atoms with Crippen molar-refractivity contribution in [2.45, 2.75) is 32.2 Å². The Morgan fingerprint density at radius 3 is 2.61 bits per heavy atom. The van der Waals surface area contributed by atoms with Crippen molar-refractivity contribution in [2.75, 3.05) is 13.1 Å². The molecule has 0 spiro atoms. The second-order valence-electron chi connectivity index (χ2n) is 7.76. The highest BCUT2D eigenvalue weighted by Crippen LogP contribution is 2.25. The van der Waals surface area contributed by atoms with E-state index in [1.165, 1.54) is 18.6 Å². The lowest BCUT2D eigenvalue weighted by Gasteiger charge is -2.26. The summed E-state index contributed by atoms with van der Waals surface area (Å²) in [5.41, 5.74) is 3.19. The number of fused-ring (bicyclic) bond motifs is 1. The van der Waals surface area contributed by atoms with Crippen molar-refractivity contribution in [1.29, 1.82) is 0 Å². The Balaban J connectivity index is 1.31. The van der Waals surface area contributed by atoms with Crippen molar-refractivity contribution in [3.8, 4) is 22.8 Å². The Morgan fingerprint density at radius 2 is 1.81 bits per heavy atom. The first-order chi connectivity index (χ1) is 15.2. The molecule has 1 aliphatic rings. The first-order valence-electron chi connectivity index (χ1n) is 10.5. The first kappa shape index (κ1) is 19.4. The van der Waals surface area contributed by atoms with Gasteiger partial charge in [-0.2, -0.15) is 4.98 Å². The largest absolute Gasteiger partial charge is 0.343 e. The average molecular weight is 419 g/mol. The quantitative estimate of drug-likeness (QED) is 0.482. The van der Waals surface area contributed by atoms with Crippen molar-refractivity contribution in [3.63, 3.8) is 0 Å². The Morgan fingerprint density at radius 1 is 1.03 bits per heavy atom. The Bertz CT molecular complexity index is 1210. The molecule has 0 N–H and O–H groups in total. The van der Waals surface area contributed by atoms with Crippen molar-refractivity contribution in [2.24, 2.45) is 0 Å². The summed E-state index contributed by atoms with van der Waals surface area (Å²) in [4.78, 5) is 23.3. The van der Waals surface area contributed by atoms with Crippen molar-refractivity contribution < 1.29 is 13.7 Å². The molecule has 2 aromatic heterocycles. The van der Waals surface area contributed by atoms with E-state index in [2.05, 4.69) is 15.1 Å². The van der Waals surface area contributed by atoms with Crippen molar-refractivity contribution >= 4 is 16.9 Å². The molecule has 0 bridgehead atoms. The van der Waals surface area contributed by atoms with E-state index >= 15 is 0 Å². The molecular formula is C23H22FN5O2. The number of hydrogen-bond acceptors (Lipinski definition) is 5. The van der Waals surface area contributed by atoms with Crippen LogP contribution in [-0.2, 0) is 11.3 Å². The fraction of sp³-hybridized carbons (Fsp3) is 0.304. The molecule has 0 radical (unpaired) electrons. The molecule has 1 saturated heterocycles. The SMILES string of the molecule is O=C(CCn1cnc2cc(-c3noc(-c4ccc(F)cc4)n3)ccc21)N1CCCCC1. The molecule has 1 aliphatic heterocycles. The molecular weight excluding hydrogens is 397 g/mol. The summed E-state index contributed by atoms with van der Waals surface area (Å²) >= 11 is 0. The molecule has 8 heteroatoms. The molecule has 0 saturated carbocycles. The summed E-state index contributed by atoms with van der Waals surface area (Å²) in [6.07, 6.45) is 5.64. The number of rotatable bonds is 5. The summed E-state index contributed by atoms with van der Waals surface area (Å²) in [6.45, 7) is 2.34. The second kappa shape index (κ2) is 8.29. The predicted molar refractivity (Wildman–Crippen MR) is 113 cm³/mol. The average Bonchev–Trinajstić information content (AvgIpc) is 3.46. The topological polar surface area (TPSA) is 77.0 Å². The molecule has 3 heterocycles. The third-order valence-electron chi connectivity index (χ3n) is 5.67. The number of likely N-dealkylation sites (tertiary alicyclic amines) is 1. The van der Waals surface area contributed by atoms with Crippen LogP contribution in [0.4, 0.5) is 4.39 Å². The number of hydrogen-bond donors (Lipinski definition) is 0. The lowest BCUT2D eigenvalue weighted by Crippen LogP contribution is -2.35. The molecule has 7 nitrogen and oxygen atoms in total. The number of benzene rings is 2. The molecule has 1 fully saturated rings. The highest BCUT2D eigenvalue weighted by Gasteiger charge is 2.17. The maximum absolute atomic E-state index is 13.1. The van der Waals surface area contributed by atoms with Gasteiger partial charge < -0.3 is 14.0 Å². The smallest absolute Gasteiger partial charge is 0.258 e. The lowest BCUT2D eigenvalue weighted by atomic mass is 10.1. The highest BCUT2D eigenvalue weighted by molar-refractivity contribution is 5.81. The monoisotopic (exact) mass is 419 g/mol. The van der Waals surface area contributed by atoms with Gasteiger partial charge in [0.1, 0.15) is 5.82 Å². The van der Waals surface area contributed by atoms with Crippen LogP contribution in [0.15, 0.2) is 53.3 Å². The molecule has 31 heavy (non-hydrogen) atoms. The number of carbonyl (C=O) groups excluding carboxylic acids is 1. The van der Waals surface area contributed by atoms with Crippen LogP contribution in [0, 0.1) is 5.82 Å². The number of amides is 1. The van der Waals surface area contributed by atoms with Crippen LogP contribution in [-0.4, -0.2) is 43.6 Å². The highest BCUT2D eigenvalue weighted by atomic mass is 19.1. The third kappa shape index (κ3) is 4.05. The van der Waals surface area contributed by atoms with Gasteiger partial charge in [-0.15, -0.1) is 0 Å². The summed E-state index contributed by atoms with van der Waals surface area (Å²) in [7, 11) is 0. The number of halogens is 1. The number of imidazole rings is 1. The normalized spacial score (nSPS) is 14.3. The zero-order valence-corrected chi connectivity index (χ0v) is 17.0. The van der Waals surface area contributed by atoms with Crippen LogP contribution in [0.2, 0.25) is 0 Å². The van der Waals surface area contributed by atoms with E-state index in [9.17, 15) is 9.18 Å². The van der Waals surface area contributed by atoms with Gasteiger partial charge in [-0.3, -0.25) is 4.79 Å². The minimum atomic E-state index is -0.317. The summed E-state index contributed by atoms with van der Waals surface area (Å²) in [5, 5.41) is 4.05. The fourth-order valence-electron chi connectivity index (χ4n) is 3.95. The van der Waals surface area contributed by atoms with Gasteiger partial charge in [-0.1, -0.05) is 5.16 Å². The first-order valence-corrected chi connectivity index (χ1v) is 10.5. The van der Waals surface area contributed by atoms with Crippen LogP contribution in [0.25, 0.3) is 33.9 Å². The summed E-state index contributed by atoms with van der Waals surface area (Å²) in [5.74, 6) is 0.661. The Labute approximate surface area is 178 Å². The molecule has 0 unspecified atom stereocenters. The number of aryl methyl sites for hydroxylation is 1. The van der Waals surface area contributed by atoms with Crippen molar-refractivity contribution in [3.05, 3.63) is 54.6 Å². The number of aromatic nitrogens is 4. The van der Waals surface area contributed by atoms with Gasteiger partial charge in [0.25, 0.3) is 5.89 Å². The fourth-order valence-corrected chi connectivity index (χ4v) is 3.95. The van der Waals surface area contributed by atoms with Crippen LogP contribution < -0.4 is 0 Å². The van der Waals surface area contributed by atoms with E-state index in [0.717, 1.165) is 42.5 Å². The molecule has 158 valence electrons. The Hall–Kier alpha value is -3.55. The molecule has 1 amide bonds. The van der Waals surface area contributed by atoms with Crippen LogP contribution in [0.3, 0.4) is 0 Å². The maximum Gasteiger partial charge on any atom is 0.258 e. The standard InChI is InChI=1S/C23H22FN5O2/c24-18-7-4-16(5-8-18)23-26-22(27-31-23)17-6-9-20-19(14-17)25-15-29(20)13-10-21(30)28-11-2-1-3-12-28/h4-9,14-15H,1-3,10-13H2. The molecule has 0 aliphatic carbocycles. The van der Waals surface area contributed by atoms with Gasteiger partial charge in [-0.25, -0.2) is 9.37 Å². The van der Waals surface area contributed by atoms with Crippen LogP contribution in [0.5, 0.6) is 0 Å². The van der Waals surface area contributed by atoms with E-state index < -0.39 is 0 Å². The van der Waals surface area contributed by atoms with E-state index in [1.54, 1.807) is 18.5 Å². The minimum Gasteiger partial charge on any atom is -0.343 e. The summed E-state index contributed by atoms with van der Waals surface area (Å²) in [6, 6.07) is 11.7. The van der Waals surface area contributed by atoms with Crippen LogP contribution in [0.1, 0.15) is 25.7 Å². The molecule has 5 rings (SSSR count). The molecule has 0 atom stereocenters. The number of carbonyl (C=O) groups is 1. The van der Waals surface area contributed by atoms with Gasteiger partial charge in [-0.05, 0) is 61.7 Å². The van der Waals surface area contributed by atoms with Crippen molar-refractivity contribution in [1.82, 2.24) is 24.6 Å². The molecule has 2 aromatic carbocycles. The number of piperidine rings is 1. The van der Waals surface area contributed by atoms with Gasteiger partial charge in [0.15, 0.2) is 0 Å². The predicted octanol–water partition coefficient (Wildman–Crippen LogP) is 4.30. The third-order valence-corrected chi connectivity index (χ3v) is 5.67. The zero-order chi connectivity index (χ0) is 21.2. The lowest BCUT2D eigenvalue weighted by molar-refractivity contribution is -0.132. The minimum absolute atomic E-state index is 0.207. The van der Waals surface area contributed by atoms with Gasteiger partial charge in [0, 0.05) is 37.2 Å². The second-order valence-corrected chi connectivity index (χ2v) is 7.76. The maximum atomic E-state index is 13.1. The Kier molecular flexibility index (Phi) is 5.19. The van der Waals surface area contributed by atoms with E-state index in [1.807, 2.05) is 27.7 Å². The van der Waals surface area contributed by atoms with E-state index in [-0.39, 0.29) is 11.7 Å². The summed E-state index contributed by atoms with van der Waals surface area (Å²) < 4.78 is 20.5. The zero-order valence-electron chi connectivity index (χ0n) is 17.0. The molecule has 4 aromatic rings. The number of nitrogens with zero attached hydrogens (tertiary/aromatic N) is 5. The van der Waals surface area contributed by atoms with Gasteiger partial charge in [0.2, 0.25) is 11.7 Å².